The molecule has 1 atom stereocenters. The van der Waals surface area contributed by atoms with E-state index in [1.165, 1.54) is 18.5 Å². The van der Waals surface area contributed by atoms with Crippen molar-refractivity contribution in [3.8, 4) is 28.5 Å². The molecule has 0 radical (unpaired) electrons. The van der Waals surface area contributed by atoms with Gasteiger partial charge in [0.05, 0.1) is 23.4 Å². The smallest absolute Gasteiger partial charge is 0.423 e. The van der Waals surface area contributed by atoms with Gasteiger partial charge in [0, 0.05) is 55.6 Å². The van der Waals surface area contributed by atoms with Crippen LogP contribution in [-0.4, -0.2) is 96.3 Å². The highest BCUT2D eigenvalue weighted by Crippen LogP contribution is 2.37. The average Bonchev–Trinajstić information content (AvgIpc) is 3.76. The summed E-state index contributed by atoms with van der Waals surface area (Å²) in [6.45, 7) is 3.51. The maximum Gasteiger partial charge on any atom is 0.423 e. The Bertz CT molecular complexity index is 2360. The van der Waals surface area contributed by atoms with E-state index in [2.05, 4.69) is 35.8 Å². The molecule has 21 heteroatoms. The molecule has 2 amide bonds. The molecule has 0 aliphatic carbocycles. The number of amides is 2. The van der Waals surface area contributed by atoms with Crippen LogP contribution in [0.4, 0.5) is 36.2 Å². The van der Waals surface area contributed by atoms with Gasteiger partial charge in [-0.3, -0.25) is 34.5 Å². The van der Waals surface area contributed by atoms with Gasteiger partial charge in [-0.05, 0) is 74.7 Å². The molecule has 18 nitrogen and oxygen atoms in total. The number of Topliss-reactive ketones (excluding diaryl/α,β-unsaturated/α-hetero) is 1. The lowest BCUT2D eigenvalue weighted by molar-refractivity contribution is -0.388. The van der Waals surface area contributed by atoms with Gasteiger partial charge in [-0.2, -0.15) is 18.3 Å². The molecule has 0 bridgehead atoms. The minimum Gasteiger partial charge on any atom is -0.490 e. The van der Waals surface area contributed by atoms with Crippen LogP contribution < -0.4 is 20.3 Å². The van der Waals surface area contributed by atoms with Crippen molar-refractivity contribution >= 4 is 40.6 Å². The number of aromatic amines is 1. The molecule has 6 rings (SSSR count). The van der Waals surface area contributed by atoms with E-state index in [9.17, 15) is 42.8 Å². The number of fused-ring (bicyclic) bond motifs is 1. The number of hydrogen-bond acceptors (Lipinski definition) is 14. The van der Waals surface area contributed by atoms with Crippen LogP contribution in [0.15, 0.2) is 67.1 Å². The first-order chi connectivity index (χ1) is 28.6. The van der Waals surface area contributed by atoms with Gasteiger partial charge < -0.3 is 25.2 Å². The third-order valence-electron chi connectivity index (χ3n) is 9.29. The van der Waals surface area contributed by atoms with Crippen LogP contribution in [0.3, 0.4) is 0 Å². The van der Waals surface area contributed by atoms with Gasteiger partial charge in [0.25, 0.3) is 5.69 Å². The van der Waals surface area contributed by atoms with Crippen molar-refractivity contribution in [1.82, 2.24) is 30.1 Å². The fraction of sp³-hybridized carbons (Fsp3) is 0.333. The Hall–Kier alpha value is -6.87. The zero-order valence-corrected chi connectivity index (χ0v) is 32.3. The van der Waals surface area contributed by atoms with Crippen LogP contribution in [0.2, 0.25) is 0 Å². The molecule has 5 aromatic rings. The Morgan fingerprint density at radius 3 is 2.50 bits per heavy atom. The number of nitrogens with one attached hydrogen (secondary N) is 3. The minimum absolute atomic E-state index is 0.0794. The number of alkyl halides is 3. The van der Waals surface area contributed by atoms with E-state index < -0.39 is 46.8 Å². The molecule has 1 aliphatic rings. The predicted octanol–water partition coefficient (Wildman–Crippen LogP) is 5.08. The minimum atomic E-state index is -5.02. The van der Waals surface area contributed by atoms with E-state index in [0.29, 0.717) is 85.0 Å². The van der Waals surface area contributed by atoms with Gasteiger partial charge in [-0.1, -0.05) is 6.07 Å². The molecule has 4 heterocycles. The molecule has 0 saturated carbocycles. The van der Waals surface area contributed by atoms with Crippen LogP contribution in [0.1, 0.15) is 43.0 Å². The van der Waals surface area contributed by atoms with Crippen LogP contribution in [0.25, 0.3) is 22.8 Å². The number of nitro benzene ring substituents is 1. The highest BCUT2D eigenvalue weighted by molar-refractivity contribution is 6.01. The second kappa shape index (κ2) is 18.4. The monoisotopic (exact) mass is 832 g/mol. The summed E-state index contributed by atoms with van der Waals surface area (Å²) in [5.74, 6) is 0.389. The van der Waals surface area contributed by atoms with Crippen molar-refractivity contribution in [3.63, 3.8) is 0 Å². The summed E-state index contributed by atoms with van der Waals surface area (Å²) in [6, 6.07) is 12.0. The van der Waals surface area contributed by atoms with Crippen LogP contribution >= 0.6 is 0 Å². The number of nitrogens with zero attached hydrogens (tertiary/aromatic N) is 7. The van der Waals surface area contributed by atoms with Gasteiger partial charge in [0.1, 0.15) is 29.9 Å². The molecule has 3 aromatic heterocycles. The van der Waals surface area contributed by atoms with Gasteiger partial charge >= 0.3 is 6.18 Å². The fourth-order valence-electron chi connectivity index (χ4n) is 6.10. The molecule has 0 fully saturated rings. The number of ketones is 1. The normalized spacial score (nSPS) is 13.6. The third-order valence-corrected chi connectivity index (χ3v) is 9.29. The Morgan fingerprint density at radius 1 is 1.03 bits per heavy atom. The fourth-order valence-corrected chi connectivity index (χ4v) is 6.10. The Kier molecular flexibility index (Phi) is 13.1. The number of anilines is 3. The van der Waals surface area contributed by atoms with E-state index >= 15 is 0 Å². The number of carbonyl (C=O) groups is 3. The summed E-state index contributed by atoms with van der Waals surface area (Å²) >= 11 is 0. The molecule has 0 saturated heterocycles. The number of halogens is 3. The second-order valence-corrected chi connectivity index (χ2v) is 13.9. The summed E-state index contributed by atoms with van der Waals surface area (Å²) in [4.78, 5) is 67.6. The van der Waals surface area contributed by atoms with Crippen molar-refractivity contribution in [1.29, 1.82) is 0 Å². The first-order valence-corrected chi connectivity index (χ1v) is 18.5. The maximum absolute atomic E-state index is 13.3. The summed E-state index contributed by atoms with van der Waals surface area (Å²) in [7, 11) is 0. The second-order valence-electron chi connectivity index (χ2n) is 13.9. The van der Waals surface area contributed by atoms with Gasteiger partial charge in [0.15, 0.2) is 28.8 Å². The summed E-state index contributed by atoms with van der Waals surface area (Å²) in [5.41, 5.74) is -1.82. The highest BCUT2D eigenvalue weighted by Gasteiger charge is 2.39. The predicted molar refractivity (Wildman–Crippen MR) is 209 cm³/mol. The first-order valence-electron chi connectivity index (χ1n) is 18.5. The van der Waals surface area contributed by atoms with Crippen molar-refractivity contribution in [3.05, 3.63) is 94.1 Å². The van der Waals surface area contributed by atoms with Gasteiger partial charge in [0.2, 0.25) is 11.8 Å². The number of rotatable bonds is 18. The summed E-state index contributed by atoms with van der Waals surface area (Å²) < 4.78 is 51.3. The number of hydrogen-bond donors (Lipinski definition) is 4. The third kappa shape index (κ3) is 10.6. The molecule has 1 aliphatic heterocycles. The number of benzene rings is 2. The zero-order chi connectivity index (χ0) is 43.0. The lowest BCUT2D eigenvalue weighted by Gasteiger charge is -2.28. The van der Waals surface area contributed by atoms with Crippen molar-refractivity contribution in [2.24, 2.45) is 0 Å². The quantitative estimate of drug-likeness (QED) is 0.0511. The Morgan fingerprint density at radius 2 is 1.80 bits per heavy atom. The molecule has 0 unspecified atom stereocenters. The molecule has 314 valence electrons. The molecule has 60 heavy (non-hydrogen) atoms. The van der Waals surface area contributed by atoms with Gasteiger partial charge in [-0.15, -0.1) is 0 Å². The number of ether oxygens (including phenoxy) is 2. The number of aromatic nitrogens is 6. The lowest BCUT2D eigenvalue weighted by atomic mass is 9.94. The van der Waals surface area contributed by atoms with E-state index in [1.54, 1.807) is 29.3 Å². The lowest BCUT2D eigenvalue weighted by Crippen LogP contribution is -2.42. The Balaban J connectivity index is 0.903. The van der Waals surface area contributed by atoms with Crippen molar-refractivity contribution < 1.29 is 47.1 Å². The van der Waals surface area contributed by atoms with Crippen molar-refractivity contribution in [2.75, 3.05) is 48.4 Å². The topological polar surface area (TPSA) is 241 Å². The van der Waals surface area contributed by atoms with E-state index in [1.807, 2.05) is 13.0 Å². The van der Waals surface area contributed by atoms with Crippen molar-refractivity contribution in [2.45, 2.75) is 51.3 Å². The number of aliphatic hydroxyl groups is 1. The first kappa shape index (κ1) is 42.7. The molecule has 4 N–H and O–H groups in total. The maximum atomic E-state index is 13.3. The molecular formula is C39H39F3N10O8. The largest absolute Gasteiger partial charge is 0.490 e. The van der Waals surface area contributed by atoms with Crippen LogP contribution in [-0.2, 0) is 31.7 Å². The molecular weight excluding hydrogens is 793 g/mol. The molecule has 2 aromatic carbocycles. The SMILES string of the molecule is Cc1nc(-c2ncn[nH]2)ccc1-c1cnc2c(n1)N(CCCOCCCC(=O)Nc1ccc(OC[C@](C)(O)C(=O)Cc3ccc([N+](=O)[O-])c(C(F)(F)F)c3)cc1)C(=O)CN2. The van der Waals surface area contributed by atoms with Gasteiger partial charge in [-0.25, -0.2) is 19.9 Å². The van der Waals surface area contributed by atoms with Crippen LogP contribution in [0.5, 0.6) is 5.75 Å². The number of carbonyl (C=O) groups excluding carboxylic acids is 3. The summed E-state index contributed by atoms with van der Waals surface area (Å²) in [5, 5.41) is 34.1. The Labute approximate surface area is 339 Å². The van der Waals surface area contributed by atoms with E-state index in [0.717, 1.165) is 18.6 Å². The number of H-pyrrole nitrogens is 1. The number of nitro groups is 1. The number of aryl methyl sites for hydroxylation is 1. The van der Waals surface area contributed by atoms with E-state index in [4.69, 9.17) is 14.5 Å². The van der Waals surface area contributed by atoms with E-state index in [-0.39, 0.29) is 36.1 Å². The summed E-state index contributed by atoms with van der Waals surface area (Å²) in [6.07, 6.45) is -1.51. The highest BCUT2D eigenvalue weighted by atomic mass is 19.4. The zero-order valence-electron chi connectivity index (χ0n) is 32.3. The standard InChI is InChI=1S/C39H39F3N10O8/c1-23-27(11-12-29(47-23)35-45-22-46-50-35)30-19-43-36-37(49-30)51(34(55)20-44-36)14-4-16-59-15-3-5-33(54)48-25-7-9-26(10-8-25)60-21-38(2,56)32(53)18-24-6-13-31(52(57)58)28(17-24)39(40,41)42/h6-13,17,19,22,56H,3-5,14-16,18,20-21H2,1-2H3,(H,43,44)(H,48,54)(H,45,46,50)/t38-/m0/s1. The average molecular weight is 833 g/mol. The number of pyridine rings is 1. The van der Waals surface area contributed by atoms with Crippen LogP contribution in [0, 0.1) is 17.0 Å². The molecule has 0 spiro atoms.